The van der Waals surface area contributed by atoms with Crippen LogP contribution >= 0.6 is 15.9 Å². The molecule has 0 bridgehead atoms. The Morgan fingerprint density at radius 1 is 1.57 bits per heavy atom. The van der Waals surface area contributed by atoms with Crippen molar-refractivity contribution in [1.29, 1.82) is 0 Å². The van der Waals surface area contributed by atoms with E-state index < -0.39 is 0 Å². The van der Waals surface area contributed by atoms with Gasteiger partial charge in [-0.2, -0.15) is 0 Å². The molecule has 0 amide bonds. The van der Waals surface area contributed by atoms with E-state index in [4.69, 9.17) is 4.74 Å². The highest BCUT2D eigenvalue weighted by molar-refractivity contribution is 9.09. The number of ether oxygens (including phenoxy) is 1. The van der Waals surface area contributed by atoms with Crippen molar-refractivity contribution in [3.8, 4) is 0 Å². The van der Waals surface area contributed by atoms with Crippen LogP contribution in [0.15, 0.2) is 12.4 Å². The zero-order valence-corrected chi connectivity index (χ0v) is 9.66. The molecule has 0 radical (unpaired) electrons. The quantitative estimate of drug-likeness (QED) is 0.844. The molecule has 1 aliphatic rings. The van der Waals surface area contributed by atoms with Crippen LogP contribution in [0, 0.1) is 5.92 Å². The summed E-state index contributed by atoms with van der Waals surface area (Å²) in [5.41, 5.74) is 0. The molecule has 1 unspecified atom stereocenters. The van der Waals surface area contributed by atoms with Crippen LogP contribution < -0.4 is 0 Å². The second kappa shape index (κ2) is 4.94. The van der Waals surface area contributed by atoms with Crippen molar-refractivity contribution in [1.82, 2.24) is 9.97 Å². The van der Waals surface area contributed by atoms with Crippen molar-refractivity contribution in [3.63, 3.8) is 0 Å². The lowest BCUT2D eigenvalue weighted by Crippen LogP contribution is -2.25. The van der Waals surface area contributed by atoms with Crippen molar-refractivity contribution in [2.24, 2.45) is 5.92 Å². The first kappa shape index (κ1) is 10.2. The van der Waals surface area contributed by atoms with E-state index in [0.717, 1.165) is 44.2 Å². The van der Waals surface area contributed by atoms with Gasteiger partial charge >= 0.3 is 0 Å². The van der Waals surface area contributed by atoms with E-state index in [-0.39, 0.29) is 0 Å². The SMILES string of the molecule is BrC(Cc1ncc[nH]1)C1CCOCC1. The van der Waals surface area contributed by atoms with Crippen LogP contribution in [0.5, 0.6) is 0 Å². The van der Waals surface area contributed by atoms with Crippen molar-refractivity contribution in [2.45, 2.75) is 24.1 Å². The molecule has 1 fully saturated rings. The Bertz CT molecular complexity index is 257. The van der Waals surface area contributed by atoms with Crippen molar-refractivity contribution in [2.75, 3.05) is 13.2 Å². The van der Waals surface area contributed by atoms with Crippen LogP contribution in [0.2, 0.25) is 0 Å². The first-order valence-corrected chi connectivity index (χ1v) is 5.98. The number of rotatable bonds is 3. The summed E-state index contributed by atoms with van der Waals surface area (Å²) in [5.74, 6) is 1.80. The number of hydrogen-bond acceptors (Lipinski definition) is 2. The summed E-state index contributed by atoms with van der Waals surface area (Å²) < 4.78 is 5.34. The van der Waals surface area contributed by atoms with E-state index in [9.17, 15) is 0 Å². The van der Waals surface area contributed by atoms with Gasteiger partial charge < -0.3 is 9.72 Å². The number of imidazole rings is 1. The van der Waals surface area contributed by atoms with Gasteiger partial charge in [0.15, 0.2) is 0 Å². The average Bonchev–Trinajstić information content (AvgIpc) is 2.72. The zero-order chi connectivity index (χ0) is 9.80. The molecule has 4 heteroatoms. The van der Waals surface area contributed by atoms with Gasteiger partial charge in [0.25, 0.3) is 0 Å². The van der Waals surface area contributed by atoms with Gasteiger partial charge in [-0.05, 0) is 18.8 Å². The van der Waals surface area contributed by atoms with Crippen molar-refractivity contribution in [3.05, 3.63) is 18.2 Å². The molecule has 3 nitrogen and oxygen atoms in total. The van der Waals surface area contributed by atoms with Gasteiger partial charge in [0.1, 0.15) is 5.82 Å². The number of alkyl halides is 1. The molecular formula is C10H15BrN2O. The van der Waals surface area contributed by atoms with Crippen molar-refractivity contribution >= 4 is 15.9 Å². The topological polar surface area (TPSA) is 37.9 Å². The monoisotopic (exact) mass is 258 g/mol. The maximum Gasteiger partial charge on any atom is 0.107 e. The first-order valence-electron chi connectivity index (χ1n) is 5.06. The average molecular weight is 259 g/mol. The molecule has 1 atom stereocenters. The van der Waals surface area contributed by atoms with E-state index >= 15 is 0 Å². The molecule has 0 aliphatic carbocycles. The summed E-state index contributed by atoms with van der Waals surface area (Å²) in [6.07, 6.45) is 6.99. The summed E-state index contributed by atoms with van der Waals surface area (Å²) in [6, 6.07) is 0. The van der Waals surface area contributed by atoms with E-state index in [1.165, 1.54) is 0 Å². The van der Waals surface area contributed by atoms with Crippen LogP contribution in [-0.4, -0.2) is 28.0 Å². The second-order valence-electron chi connectivity index (χ2n) is 3.71. The van der Waals surface area contributed by atoms with Crippen LogP contribution in [0.4, 0.5) is 0 Å². The summed E-state index contributed by atoms with van der Waals surface area (Å²) in [7, 11) is 0. The molecule has 0 aromatic carbocycles. The van der Waals surface area contributed by atoms with Crippen LogP contribution in [0.1, 0.15) is 18.7 Å². The highest BCUT2D eigenvalue weighted by Crippen LogP contribution is 2.26. The van der Waals surface area contributed by atoms with Crippen LogP contribution in [0.25, 0.3) is 0 Å². The number of halogens is 1. The Kier molecular flexibility index (Phi) is 3.59. The molecule has 78 valence electrons. The molecule has 1 N–H and O–H groups in total. The molecule has 1 aromatic rings. The molecule has 1 saturated heterocycles. The fraction of sp³-hybridized carbons (Fsp3) is 0.700. The molecule has 2 heterocycles. The highest BCUT2D eigenvalue weighted by Gasteiger charge is 2.22. The summed E-state index contributed by atoms with van der Waals surface area (Å²) in [6.45, 7) is 1.82. The number of hydrogen-bond donors (Lipinski definition) is 1. The molecule has 1 aromatic heterocycles. The minimum absolute atomic E-state index is 0.526. The Hall–Kier alpha value is -0.350. The van der Waals surface area contributed by atoms with Gasteiger partial charge in [0.05, 0.1) is 0 Å². The first-order chi connectivity index (χ1) is 6.86. The van der Waals surface area contributed by atoms with E-state index in [1.807, 2.05) is 6.20 Å². The smallest absolute Gasteiger partial charge is 0.107 e. The maximum atomic E-state index is 5.34. The minimum Gasteiger partial charge on any atom is -0.381 e. The predicted octanol–water partition coefficient (Wildman–Crippen LogP) is 2.14. The zero-order valence-electron chi connectivity index (χ0n) is 8.08. The summed E-state index contributed by atoms with van der Waals surface area (Å²) in [5, 5.41) is 0. The van der Waals surface area contributed by atoms with Crippen molar-refractivity contribution < 1.29 is 4.74 Å². The third kappa shape index (κ3) is 2.58. The molecule has 2 rings (SSSR count). The Labute approximate surface area is 92.4 Å². The van der Waals surface area contributed by atoms with Crippen LogP contribution in [-0.2, 0) is 11.2 Å². The van der Waals surface area contributed by atoms with E-state index in [1.54, 1.807) is 6.20 Å². The standard InChI is InChI=1S/C10H15BrN2O/c11-9(7-10-12-3-4-13-10)8-1-5-14-6-2-8/h3-4,8-9H,1-2,5-7H2,(H,12,13). The molecule has 14 heavy (non-hydrogen) atoms. The largest absolute Gasteiger partial charge is 0.381 e. The maximum absolute atomic E-state index is 5.34. The Morgan fingerprint density at radius 3 is 3.00 bits per heavy atom. The number of aromatic amines is 1. The fourth-order valence-electron chi connectivity index (χ4n) is 1.84. The van der Waals surface area contributed by atoms with E-state index in [0.29, 0.717) is 4.83 Å². The lowest BCUT2D eigenvalue weighted by molar-refractivity contribution is 0.0661. The molecule has 1 aliphatic heterocycles. The molecular weight excluding hydrogens is 244 g/mol. The van der Waals surface area contributed by atoms with Gasteiger partial charge in [-0.3, -0.25) is 0 Å². The second-order valence-corrected chi connectivity index (χ2v) is 4.88. The highest BCUT2D eigenvalue weighted by atomic mass is 79.9. The van der Waals surface area contributed by atoms with Gasteiger partial charge in [0, 0.05) is 36.9 Å². The number of nitrogens with zero attached hydrogens (tertiary/aromatic N) is 1. The van der Waals surface area contributed by atoms with Gasteiger partial charge in [-0.25, -0.2) is 4.98 Å². The predicted molar refractivity (Wildman–Crippen MR) is 58.5 cm³/mol. The van der Waals surface area contributed by atoms with Gasteiger partial charge in [-0.15, -0.1) is 0 Å². The van der Waals surface area contributed by atoms with Gasteiger partial charge in [0.2, 0.25) is 0 Å². The lowest BCUT2D eigenvalue weighted by atomic mass is 9.95. The molecule has 0 saturated carbocycles. The van der Waals surface area contributed by atoms with Gasteiger partial charge in [-0.1, -0.05) is 15.9 Å². The number of nitrogens with one attached hydrogen (secondary N) is 1. The number of H-pyrrole nitrogens is 1. The normalized spacial score (nSPS) is 20.9. The Balaban J connectivity index is 1.85. The summed E-state index contributed by atoms with van der Waals surface area (Å²) >= 11 is 3.75. The summed E-state index contributed by atoms with van der Waals surface area (Å²) in [4.78, 5) is 7.89. The fourth-order valence-corrected chi connectivity index (χ4v) is 2.67. The third-order valence-electron chi connectivity index (χ3n) is 2.72. The lowest BCUT2D eigenvalue weighted by Gasteiger charge is -2.25. The van der Waals surface area contributed by atoms with Crippen LogP contribution in [0.3, 0.4) is 0 Å². The Morgan fingerprint density at radius 2 is 2.36 bits per heavy atom. The van der Waals surface area contributed by atoms with E-state index in [2.05, 4.69) is 25.9 Å². The minimum atomic E-state index is 0.526. The molecule has 0 spiro atoms. The number of aromatic nitrogens is 2. The third-order valence-corrected chi connectivity index (χ3v) is 3.79.